The molecule has 1 aliphatic heterocycles. The van der Waals surface area contributed by atoms with Gasteiger partial charge in [-0.15, -0.1) is 0 Å². The van der Waals surface area contributed by atoms with Crippen molar-refractivity contribution in [2.24, 2.45) is 0 Å². The minimum Gasteiger partial charge on any atom is -0.336 e. The van der Waals surface area contributed by atoms with E-state index >= 15 is 0 Å². The van der Waals surface area contributed by atoms with Crippen molar-refractivity contribution >= 4 is 16.1 Å². The molecule has 1 unspecified atom stereocenters. The van der Waals surface area contributed by atoms with E-state index in [1.807, 2.05) is 13.8 Å². The molecule has 23 heavy (non-hydrogen) atoms. The summed E-state index contributed by atoms with van der Waals surface area (Å²) in [6, 6.07) is 5.89. The summed E-state index contributed by atoms with van der Waals surface area (Å²) in [5.74, 6) is 0. The highest BCUT2D eigenvalue weighted by atomic mass is 32.2. The second-order valence-electron chi connectivity index (χ2n) is 6.07. The van der Waals surface area contributed by atoms with Crippen LogP contribution >= 0.6 is 0 Å². The number of piperidine rings is 1. The highest BCUT2D eigenvalue weighted by molar-refractivity contribution is 7.90. The first-order chi connectivity index (χ1) is 10.9. The molecule has 1 aromatic carbocycles. The third kappa shape index (κ3) is 5.21. The molecule has 6 nitrogen and oxygen atoms in total. The van der Waals surface area contributed by atoms with Crippen LogP contribution in [-0.2, 0) is 10.0 Å². The van der Waals surface area contributed by atoms with Gasteiger partial charge < -0.3 is 5.32 Å². The van der Waals surface area contributed by atoms with Crippen LogP contribution in [-0.4, -0.2) is 45.0 Å². The van der Waals surface area contributed by atoms with Crippen molar-refractivity contribution in [3.05, 3.63) is 29.8 Å². The number of carbonyl (C=O) groups excluding carboxylic acids is 1. The van der Waals surface area contributed by atoms with E-state index in [1.165, 1.54) is 31.4 Å². The molecule has 2 rings (SSSR count). The van der Waals surface area contributed by atoms with Gasteiger partial charge in [0.1, 0.15) is 0 Å². The summed E-state index contributed by atoms with van der Waals surface area (Å²) in [6.45, 7) is 6.41. The zero-order valence-corrected chi connectivity index (χ0v) is 14.5. The lowest BCUT2D eigenvalue weighted by Gasteiger charge is -2.32. The fourth-order valence-corrected chi connectivity index (χ4v) is 3.59. The smallest absolute Gasteiger partial charge is 0.328 e. The number of rotatable bonds is 5. The maximum Gasteiger partial charge on any atom is 0.328 e. The average Bonchev–Trinajstić information content (AvgIpc) is 2.53. The van der Waals surface area contributed by atoms with Gasteiger partial charge in [-0.1, -0.05) is 24.1 Å². The van der Waals surface area contributed by atoms with Crippen LogP contribution in [0.1, 0.15) is 31.7 Å². The molecule has 0 radical (unpaired) electrons. The predicted molar refractivity (Wildman–Crippen MR) is 89.8 cm³/mol. The molecule has 1 saturated heterocycles. The summed E-state index contributed by atoms with van der Waals surface area (Å²) in [4.78, 5) is 14.3. The van der Waals surface area contributed by atoms with Gasteiger partial charge in [-0.3, -0.25) is 4.90 Å². The van der Waals surface area contributed by atoms with E-state index in [-0.39, 0.29) is 10.9 Å². The number of urea groups is 1. The average molecular weight is 339 g/mol. The van der Waals surface area contributed by atoms with Crippen LogP contribution in [0.25, 0.3) is 0 Å². The van der Waals surface area contributed by atoms with Crippen molar-refractivity contribution < 1.29 is 13.2 Å². The molecule has 0 bridgehead atoms. The normalized spacial score (nSPS) is 17.5. The van der Waals surface area contributed by atoms with Crippen molar-refractivity contribution in [2.45, 2.75) is 44.0 Å². The van der Waals surface area contributed by atoms with Crippen LogP contribution in [0.4, 0.5) is 4.79 Å². The van der Waals surface area contributed by atoms with E-state index < -0.39 is 16.1 Å². The molecule has 0 spiro atoms. The number of nitrogens with zero attached hydrogens (tertiary/aromatic N) is 1. The summed E-state index contributed by atoms with van der Waals surface area (Å²) in [6.07, 6.45) is 3.61. The maximum absolute atomic E-state index is 12.1. The first-order valence-electron chi connectivity index (χ1n) is 8.00. The van der Waals surface area contributed by atoms with Gasteiger partial charge in [0, 0.05) is 12.6 Å². The van der Waals surface area contributed by atoms with Crippen LogP contribution in [0, 0.1) is 6.92 Å². The van der Waals surface area contributed by atoms with Crippen LogP contribution < -0.4 is 10.0 Å². The fraction of sp³-hybridized carbons (Fsp3) is 0.562. The summed E-state index contributed by atoms with van der Waals surface area (Å²) in [5.41, 5.74) is 0.962. The molecular weight excluding hydrogens is 314 g/mol. The highest BCUT2D eigenvalue weighted by Gasteiger charge is 2.20. The zero-order valence-electron chi connectivity index (χ0n) is 13.7. The summed E-state index contributed by atoms with van der Waals surface area (Å²) in [5, 5.41) is 2.65. The van der Waals surface area contributed by atoms with Gasteiger partial charge in [0.2, 0.25) is 0 Å². The Morgan fingerprint density at radius 2 is 1.78 bits per heavy atom. The van der Waals surface area contributed by atoms with Crippen molar-refractivity contribution in [3.63, 3.8) is 0 Å². The van der Waals surface area contributed by atoms with Crippen LogP contribution in [0.5, 0.6) is 0 Å². The zero-order chi connectivity index (χ0) is 16.9. The number of hydrogen-bond acceptors (Lipinski definition) is 4. The summed E-state index contributed by atoms with van der Waals surface area (Å²) >= 11 is 0. The van der Waals surface area contributed by atoms with E-state index in [4.69, 9.17) is 0 Å². The third-order valence-electron chi connectivity index (χ3n) is 4.13. The molecule has 1 atom stereocenters. The quantitative estimate of drug-likeness (QED) is 0.858. The Kier molecular flexibility index (Phi) is 6.01. The van der Waals surface area contributed by atoms with Gasteiger partial charge in [-0.25, -0.2) is 17.9 Å². The van der Waals surface area contributed by atoms with Crippen LogP contribution in [0.15, 0.2) is 29.2 Å². The molecule has 2 amide bonds. The standard InChI is InChI=1S/C16H25N3O3S/c1-13-6-8-15(9-7-13)23(21,22)18-16(20)17-12-14(2)19-10-4-3-5-11-19/h6-9,14H,3-5,10-12H2,1-2H3,(H2,17,18,20). The molecule has 0 aromatic heterocycles. The molecule has 0 saturated carbocycles. The largest absolute Gasteiger partial charge is 0.336 e. The van der Waals surface area contributed by atoms with Crippen LogP contribution in [0.2, 0.25) is 0 Å². The first-order valence-corrected chi connectivity index (χ1v) is 9.48. The Hall–Kier alpha value is -1.60. The fourth-order valence-electron chi connectivity index (χ4n) is 2.66. The number of nitrogens with one attached hydrogen (secondary N) is 2. The Morgan fingerprint density at radius 3 is 2.39 bits per heavy atom. The van der Waals surface area contributed by atoms with Gasteiger partial charge in [0.05, 0.1) is 4.90 Å². The Bertz CT molecular complexity index is 622. The SMILES string of the molecule is Cc1ccc(S(=O)(=O)NC(=O)NCC(C)N2CCCCC2)cc1. The monoisotopic (exact) mass is 339 g/mol. The Balaban J connectivity index is 1.85. The van der Waals surface area contributed by atoms with Crippen molar-refractivity contribution in [1.29, 1.82) is 0 Å². The summed E-state index contributed by atoms with van der Waals surface area (Å²) < 4.78 is 26.3. The Labute approximate surface area is 138 Å². The third-order valence-corrected chi connectivity index (χ3v) is 5.48. The van der Waals surface area contributed by atoms with Crippen molar-refractivity contribution in [3.8, 4) is 0 Å². The van der Waals surface area contributed by atoms with Gasteiger partial charge in [-0.05, 0) is 51.9 Å². The van der Waals surface area contributed by atoms with E-state index in [1.54, 1.807) is 12.1 Å². The minimum atomic E-state index is -3.82. The number of aryl methyl sites for hydroxylation is 1. The lowest BCUT2D eigenvalue weighted by molar-refractivity contribution is 0.171. The van der Waals surface area contributed by atoms with Gasteiger partial charge in [-0.2, -0.15) is 0 Å². The lowest BCUT2D eigenvalue weighted by Crippen LogP contribution is -2.47. The van der Waals surface area contributed by atoms with Crippen molar-refractivity contribution in [2.75, 3.05) is 19.6 Å². The van der Waals surface area contributed by atoms with E-state index in [0.29, 0.717) is 6.54 Å². The Morgan fingerprint density at radius 1 is 1.17 bits per heavy atom. The lowest BCUT2D eigenvalue weighted by atomic mass is 10.1. The molecule has 7 heteroatoms. The molecule has 1 heterocycles. The number of benzene rings is 1. The van der Waals surface area contributed by atoms with Crippen LogP contribution in [0.3, 0.4) is 0 Å². The molecule has 128 valence electrons. The number of carbonyl (C=O) groups is 1. The maximum atomic E-state index is 12.1. The predicted octanol–water partition coefficient (Wildman–Crippen LogP) is 1.86. The first kappa shape index (κ1) is 17.7. The van der Waals surface area contributed by atoms with Gasteiger partial charge in [0.15, 0.2) is 0 Å². The minimum absolute atomic E-state index is 0.0855. The topological polar surface area (TPSA) is 78.5 Å². The highest BCUT2D eigenvalue weighted by Crippen LogP contribution is 2.12. The van der Waals surface area contributed by atoms with Crippen molar-refractivity contribution in [1.82, 2.24) is 14.9 Å². The molecule has 1 aliphatic rings. The number of hydrogen-bond donors (Lipinski definition) is 2. The van der Waals surface area contributed by atoms with Gasteiger partial charge >= 0.3 is 6.03 Å². The second kappa shape index (κ2) is 7.79. The number of sulfonamides is 1. The molecule has 1 aromatic rings. The van der Waals surface area contributed by atoms with E-state index in [0.717, 1.165) is 18.7 Å². The van der Waals surface area contributed by atoms with E-state index in [2.05, 4.69) is 14.9 Å². The molecular formula is C16H25N3O3S. The number of amides is 2. The van der Waals surface area contributed by atoms with E-state index in [9.17, 15) is 13.2 Å². The summed E-state index contributed by atoms with van der Waals surface area (Å²) in [7, 11) is -3.82. The molecule has 2 N–H and O–H groups in total. The second-order valence-corrected chi connectivity index (χ2v) is 7.76. The molecule has 1 fully saturated rings. The molecule has 0 aliphatic carbocycles. The van der Waals surface area contributed by atoms with Gasteiger partial charge in [0.25, 0.3) is 10.0 Å². The number of likely N-dealkylation sites (tertiary alicyclic amines) is 1.